The summed E-state index contributed by atoms with van der Waals surface area (Å²) in [5, 5.41) is 2.81. The Morgan fingerprint density at radius 3 is 2.67 bits per heavy atom. The summed E-state index contributed by atoms with van der Waals surface area (Å²) < 4.78 is 46.8. The topological polar surface area (TPSA) is 67.4 Å². The molecule has 0 aliphatic carbocycles. The van der Waals surface area contributed by atoms with Crippen LogP contribution in [0.1, 0.15) is 18.9 Å². The summed E-state index contributed by atoms with van der Waals surface area (Å²) >= 11 is 3.21. The van der Waals surface area contributed by atoms with Gasteiger partial charge in [-0.25, -0.2) is 17.5 Å². The van der Waals surface area contributed by atoms with E-state index in [2.05, 4.69) is 26.0 Å². The summed E-state index contributed by atoms with van der Waals surface area (Å²) in [5.74, 6) is -0.737. The van der Waals surface area contributed by atoms with Crippen LogP contribution in [-0.2, 0) is 21.3 Å². The third-order valence-corrected chi connectivity index (χ3v) is 4.89. The Morgan fingerprint density at radius 1 is 1.43 bits per heavy atom. The highest BCUT2D eigenvalue weighted by molar-refractivity contribution is 9.10. The standard InChI is InChI=1S/C13H20BrFN2O3S/c1-9(4-5-20-3)17-21(18,19)12-7-11(14)6-10(8-16-2)13(12)15/h6-7,9,16-17H,4-5,8H2,1-3H3. The first-order valence-electron chi connectivity index (χ1n) is 6.45. The molecule has 0 spiro atoms. The highest BCUT2D eigenvalue weighted by Crippen LogP contribution is 2.24. The largest absolute Gasteiger partial charge is 0.385 e. The number of nitrogens with one attached hydrogen (secondary N) is 2. The lowest BCUT2D eigenvalue weighted by molar-refractivity contribution is 0.188. The Hall–Kier alpha value is -0.540. The predicted octanol–water partition coefficient (Wildman–Crippen LogP) is 2.01. The maximum absolute atomic E-state index is 14.3. The molecule has 0 bridgehead atoms. The van der Waals surface area contributed by atoms with Gasteiger partial charge < -0.3 is 10.1 Å². The SMILES string of the molecule is CNCc1cc(Br)cc(S(=O)(=O)NC(C)CCOC)c1F. The van der Waals surface area contributed by atoms with Crippen LogP contribution >= 0.6 is 15.9 Å². The van der Waals surface area contributed by atoms with Gasteiger partial charge >= 0.3 is 0 Å². The maximum Gasteiger partial charge on any atom is 0.243 e. The molecule has 8 heteroatoms. The quantitative estimate of drug-likeness (QED) is 0.721. The third kappa shape index (κ3) is 5.30. The van der Waals surface area contributed by atoms with Gasteiger partial charge in [-0.2, -0.15) is 0 Å². The van der Waals surface area contributed by atoms with E-state index in [1.807, 2.05) is 0 Å². The summed E-state index contributed by atoms with van der Waals surface area (Å²) in [6.45, 7) is 2.38. The molecule has 0 aliphatic heterocycles. The van der Waals surface area contributed by atoms with Crippen LogP contribution in [0.2, 0.25) is 0 Å². The molecule has 120 valence electrons. The Kier molecular flexibility index (Phi) is 7.22. The van der Waals surface area contributed by atoms with E-state index in [4.69, 9.17) is 4.74 Å². The number of methoxy groups -OCH3 is 1. The molecule has 0 amide bonds. The number of hydrogen-bond donors (Lipinski definition) is 2. The van der Waals surface area contributed by atoms with Gasteiger partial charge in [0.15, 0.2) is 0 Å². The van der Waals surface area contributed by atoms with E-state index in [0.717, 1.165) is 0 Å². The van der Waals surface area contributed by atoms with Gasteiger partial charge in [0, 0.05) is 36.3 Å². The molecular weight excluding hydrogens is 363 g/mol. The third-order valence-electron chi connectivity index (χ3n) is 2.85. The molecule has 1 rings (SSSR count). The molecular formula is C13H20BrFN2O3S. The number of hydrogen-bond acceptors (Lipinski definition) is 4. The van der Waals surface area contributed by atoms with Crippen molar-refractivity contribution in [1.29, 1.82) is 0 Å². The zero-order valence-corrected chi connectivity index (χ0v) is 14.6. The summed E-state index contributed by atoms with van der Waals surface area (Å²) in [6, 6.07) is 2.47. The minimum atomic E-state index is -3.92. The number of benzene rings is 1. The lowest BCUT2D eigenvalue weighted by Gasteiger charge is -2.15. The summed E-state index contributed by atoms with van der Waals surface area (Å²) in [4.78, 5) is -0.355. The zero-order chi connectivity index (χ0) is 16.0. The van der Waals surface area contributed by atoms with Crippen molar-refractivity contribution in [3.8, 4) is 0 Å². The second-order valence-electron chi connectivity index (χ2n) is 4.71. The molecule has 1 atom stereocenters. The first-order chi connectivity index (χ1) is 9.81. The Bertz CT molecular complexity index is 581. The molecule has 1 aromatic rings. The summed E-state index contributed by atoms with van der Waals surface area (Å²) in [6.07, 6.45) is 0.509. The monoisotopic (exact) mass is 382 g/mol. The van der Waals surface area contributed by atoms with Crippen LogP contribution in [-0.4, -0.2) is 35.2 Å². The van der Waals surface area contributed by atoms with Crippen LogP contribution in [0.25, 0.3) is 0 Å². The fourth-order valence-corrected chi connectivity index (χ4v) is 3.90. The minimum absolute atomic E-state index is 0.243. The van der Waals surface area contributed by atoms with Crippen LogP contribution in [0.3, 0.4) is 0 Å². The maximum atomic E-state index is 14.3. The number of rotatable bonds is 8. The molecule has 0 saturated carbocycles. The van der Waals surface area contributed by atoms with Gasteiger partial charge in [-0.3, -0.25) is 0 Å². The molecule has 5 nitrogen and oxygen atoms in total. The second-order valence-corrected chi connectivity index (χ2v) is 7.31. The number of sulfonamides is 1. The van der Waals surface area contributed by atoms with Crippen LogP contribution in [0.15, 0.2) is 21.5 Å². The highest BCUT2D eigenvalue weighted by atomic mass is 79.9. The van der Waals surface area contributed by atoms with Crippen molar-refractivity contribution >= 4 is 26.0 Å². The smallest absolute Gasteiger partial charge is 0.243 e. The van der Waals surface area contributed by atoms with Crippen molar-refractivity contribution in [3.05, 3.63) is 28.0 Å². The van der Waals surface area contributed by atoms with E-state index in [-0.39, 0.29) is 23.0 Å². The first-order valence-corrected chi connectivity index (χ1v) is 8.73. The Labute approximate surface area is 133 Å². The van der Waals surface area contributed by atoms with Crippen molar-refractivity contribution in [3.63, 3.8) is 0 Å². The molecule has 21 heavy (non-hydrogen) atoms. The van der Waals surface area contributed by atoms with Gasteiger partial charge in [0.1, 0.15) is 10.7 Å². The molecule has 0 aliphatic rings. The fourth-order valence-electron chi connectivity index (χ4n) is 1.81. The lowest BCUT2D eigenvalue weighted by Crippen LogP contribution is -2.34. The average molecular weight is 383 g/mol. The number of halogens is 2. The molecule has 2 N–H and O–H groups in total. The molecule has 0 saturated heterocycles. The van der Waals surface area contributed by atoms with E-state index in [9.17, 15) is 12.8 Å². The second kappa shape index (κ2) is 8.19. The van der Waals surface area contributed by atoms with E-state index >= 15 is 0 Å². The van der Waals surface area contributed by atoms with Gasteiger partial charge in [-0.15, -0.1) is 0 Å². The van der Waals surface area contributed by atoms with Crippen LogP contribution in [0.4, 0.5) is 4.39 Å². The average Bonchev–Trinajstić information content (AvgIpc) is 2.39. The van der Waals surface area contributed by atoms with Crippen LogP contribution in [0, 0.1) is 5.82 Å². The van der Waals surface area contributed by atoms with Crippen molar-refractivity contribution in [1.82, 2.24) is 10.0 Å². The zero-order valence-electron chi connectivity index (χ0n) is 12.2. The Morgan fingerprint density at radius 2 is 2.10 bits per heavy atom. The van der Waals surface area contributed by atoms with E-state index < -0.39 is 15.8 Å². The van der Waals surface area contributed by atoms with Crippen molar-refractivity contribution in [2.24, 2.45) is 0 Å². The molecule has 0 aromatic heterocycles. The minimum Gasteiger partial charge on any atom is -0.385 e. The van der Waals surface area contributed by atoms with Crippen LogP contribution in [0.5, 0.6) is 0 Å². The van der Waals surface area contributed by atoms with Gasteiger partial charge in [0.2, 0.25) is 10.0 Å². The van der Waals surface area contributed by atoms with Gasteiger partial charge in [-0.05, 0) is 32.5 Å². The summed E-state index contributed by atoms with van der Waals surface area (Å²) in [7, 11) is -0.715. The number of ether oxygens (including phenoxy) is 1. The fraction of sp³-hybridized carbons (Fsp3) is 0.538. The molecule has 1 unspecified atom stereocenters. The predicted molar refractivity (Wildman–Crippen MR) is 83.1 cm³/mol. The van der Waals surface area contributed by atoms with E-state index in [1.54, 1.807) is 27.1 Å². The normalized spacial score (nSPS) is 13.4. The van der Waals surface area contributed by atoms with E-state index in [0.29, 0.717) is 17.5 Å². The molecule has 1 aromatic carbocycles. The highest BCUT2D eigenvalue weighted by Gasteiger charge is 2.23. The van der Waals surface area contributed by atoms with Gasteiger partial charge in [0.25, 0.3) is 0 Å². The van der Waals surface area contributed by atoms with Crippen molar-refractivity contribution in [2.45, 2.75) is 30.8 Å². The van der Waals surface area contributed by atoms with E-state index in [1.165, 1.54) is 6.07 Å². The summed E-state index contributed by atoms with van der Waals surface area (Å²) in [5.41, 5.74) is 0.289. The van der Waals surface area contributed by atoms with Crippen molar-refractivity contribution in [2.75, 3.05) is 20.8 Å². The molecule has 0 radical (unpaired) electrons. The first kappa shape index (κ1) is 18.5. The Balaban J connectivity index is 3.07. The van der Waals surface area contributed by atoms with Gasteiger partial charge in [0.05, 0.1) is 0 Å². The molecule has 0 fully saturated rings. The lowest BCUT2D eigenvalue weighted by atomic mass is 10.2. The van der Waals surface area contributed by atoms with Crippen LogP contribution < -0.4 is 10.0 Å². The molecule has 0 heterocycles. The van der Waals surface area contributed by atoms with Crippen molar-refractivity contribution < 1.29 is 17.5 Å². The van der Waals surface area contributed by atoms with Gasteiger partial charge in [-0.1, -0.05) is 15.9 Å².